The Labute approximate surface area is 84.4 Å². The molecule has 0 spiro atoms. The Morgan fingerprint density at radius 2 is 2.21 bits per heavy atom. The SMILES string of the molecule is CCCCC(=O)N1CCC[C@H]1C(N)=O. The molecule has 0 saturated carbocycles. The molecule has 0 aromatic rings. The summed E-state index contributed by atoms with van der Waals surface area (Å²) in [5.41, 5.74) is 5.22. The van der Waals surface area contributed by atoms with Crippen molar-refractivity contribution in [2.75, 3.05) is 6.54 Å². The second kappa shape index (κ2) is 4.98. The van der Waals surface area contributed by atoms with Crippen LogP contribution in [0.5, 0.6) is 0 Å². The largest absolute Gasteiger partial charge is 0.368 e. The molecule has 14 heavy (non-hydrogen) atoms. The van der Waals surface area contributed by atoms with E-state index in [1.54, 1.807) is 4.90 Å². The predicted molar refractivity (Wildman–Crippen MR) is 53.5 cm³/mol. The number of likely N-dealkylation sites (tertiary alicyclic amines) is 1. The van der Waals surface area contributed by atoms with Crippen molar-refractivity contribution in [3.05, 3.63) is 0 Å². The Balaban J connectivity index is 2.49. The van der Waals surface area contributed by atoms with E-state index in [2.05, 4.69) is 0 Å². The van der Waals surface area contributed by atoms with Gasteiger partial charge in [0.25, 0.3) is 0 Å². The Kier molecular flexibility index (Phi) is 3.92. The molecule has 4 heteroatoms. The summed E-state index contributed by atoms with van der Waals surface area (Å²) in [6, 6.07) is -0.348. The monoisotopic (exact) mass is 198 g/mol. The molecule has 4 nitrogen and oxygen atoms in total. The number of primary amides is 1. The van der Waals surface area contributed by atoms with Gasteiger partial charge in [0.2, 0.25) is 11.8 Å². The highest BCUT2D eigenvalue weighted by Gasteiger charge is 2.31. The van der Waals surface area contributed by atoms with Crippen molar-refractivity contribution >= 4 is 11.8 Å². The third-order valence-corrected chi connectivity index (χ3v) is 2.65. The standard InChI is InChI=1S/C10H18N2O2/c1-2-3-6-9(13)12-7-4-5-8(12)10(11)14/h8H,2-7H2,1H3,(H2,11,14)/t8-/m0/s1. The lowest BCUT2D eigenvalue weighted by atomic mass is 10.2. The van der Waals surface area contributed by atoms with E-state index >= 15 is 0 Å². The Morgan fingerprint density at radius 1 is 1.50 bits per heavy atom. The van der Waals surface area contributed by atoms with Gasteiger partial charge in [0.05, 0.1) is 0 Å². The quantitative estimate of drug-likeness (QED) is 0.721. The molecule has 80 valence electrons. The van der Waals surface area contributed by atoms with Gasteiger partial charge in [-0.15, -0.1) is 0 Å². The van der Waals surface area contributed by atoms with Crippen molar-refractivity contribution in [3.63, 3.8) is 0 Å². The summed E-state index contributed by atoms with van der Waals surface area (Å²) in [7, 11) is 0. The molecule has 0 aromatic carbocycles. The fraction of sp³-hybridized carbons (Fsp3) is 0.800. The molecule has 0 bridgehead atoms. The maximum atomic E-state index is 11.6. The van der Waals surface area contributed by atoms with Gasteiger partial charge in [-0.1, -0.05) is 13.3 Å². The molecule has 2 amide bonds. The predicted octanol–water partition coefficient (Wildman–Crippen LogP) is 0.653. The van der Waals surface area contributed by atoms with Crippen LogP contribution >= 0.6 is 0 Å². The van der Waals surface area contributed by atoms with Gasteiger partial charge in [-0.2, -0.15) is 0 Å². The number of carbonyl (C=O) groups is 2. The maximum absolute atomic E-state index is 11.6. The van der Waals surface area contributed by atoms with E-state index in [4.69, 9.17) is 5.73 Å². The lowest BCUT2D eigenvalue weighted by Gasteiger charge is -2.21. The molecular formula is C10H18N2O2. The minimum Gasteiger partial charge on any atom is -0.368 e. The van der Waals surface area contributed by atoms with Gasteiger partial charge in [-0.3, -0.25) is 9.59 Å². The Bertz CT molecular complexity index is 228. The Hall–Kier alpha value is -1.06. The number of unbranched alkanes of at least 4 members (excludes halogenated alkanes) is 1. The van der Waals surface area contributed by atoms with E-state index < -0.39 is 0 Å². The van der Waals surface area contributed by atoms with Crippen molar-refractivity contribution in [3.8, 4) is 0 Å². The lowest BCUT2D eigenvalue weighted by Crippen LogP contribution is -2.43. The van der Waals surface area contributed by atoms with Crippen molar-refractivity contribution in [1.29, 1.82) is 0 Å². The van der Waals surface area contributed by atoms with Gasteiger partial charge in [0.1, 0.15) is 6.04 Å². The fourth-order valence-corrected chi connectivity index (χ4v) is 1.83. The molecule has 1 heterocycles. The molecule has 1 aliphatic heterocycles. The van der Waals surface area contributed by atoms with E-state index in [-0.39, 0.29) is 17.9 Å². The zero-order valence-corrected chi connectivity index (χ0v) is 8.66. The third kappa shape index (κ3) is 2.47. The van der Waals surface area contributed by atoms with Crippen molar-refractivity contribution in [2.45, 2.75) is 45.1 Å². The number of amides is 2. The first-order valence-electron chi connectivity index (χ1n) is 5.25. The van der Waals surface area contributed by atoms with Gasteiger partial charge in [0, 0.05) is 13.0 Å². The first-order valence-corrected chi connectivity index (χ1v) is 5.25. The average Bonchev–Trinajstić information content (AvgIpc) is 2.62. The van der Waals surface area contributed by atoms with Gasteiger partial charge in [0.15, 0.2) is 0 Å². The van der Waals surface area contributed by atoms with Crippen LogP contribution in [-0.2, 0) is 9.59 Å². The fourth-order valence-electron chi connectivity index (χ4n) is 1.83. The van der Waals surface area contributed by atoms with E-state index in [1.165, 1.54) is 0 Å². The molecule has 2 N–H and O–H groups in total. The van der Waals surface area contributed by atoms with Crippen LogP contribution in [0.3, 0.4) is 0 Å². The second-order valence-corrected chi connectivity index (χ2v) is 3.75. The number of nitrogens with zero attached hydrogens (tertiary/aromatic N) is 1. The summed E-state index contributed by atoms with van der Waals surface area (Å²) in [6.07, 6.45) is 4.06. The van der Waals surface area contributed by atoms with Crippen LogP contribution in [-0.4, -0.2) is 29.3 Å². The second-order valence-electron chi connectivity index (χ2n) is 3.75. The molecule has 0 aliphatic carbocycles. The summed E-state index contributed by atoms with van der Waals surface area (Å²) < 4.78 is 0. The summed E-state index contributed by atoms with van der Waals surface area (Å²) in [5.74, 6) is -0.291. The highest BCUT2D eigenvalue weighted by Crippen LogP contribution is 2.18. The molecular weight excluding hydrogens is 180 g/mol. The first-order chi connectivity index (χ1) is 6.66. The molecule has 1 atom stereocenters. The summed E-state index contributed by atoms with van der Waals surface area (Å²) in [4.78, 5) is 24.3. The average molecular weight is 198 g/mol. The van der Waals surface area contributed by atoms with E-state index in [0.29, 0.717) is 13.0 Å². The molecule has 0 aromatic heterocycles. The van der Waals surface area contributed by atoms with Crippen molar-refractivity contribution in [2.24, 2.45) is 5.73 Å². The molecule has 1 aliphatic rings. The molecule has 1 rings (SSSR count). The molecule has 1 fully saturated rings. The maximum Gasteiger partial charge on any atom is 0.240 e. The van der Waals surface area contributed by atoms with Crippen LogP contribution in [0.15, 0.2) is 0 Å². The van der Waals surface area contributed by atoms with Crippen molar-refractivity contribution in [1.82, 2.24) is 4.90 Å². The zero-order valence-electron chi connectivity index (χ0n) is 8.66. The highest BCUT2D eigenvalue weighted by molar-refractivity contribution is 5.87. The van der Waals surface area contributed by atoms with Crippen LogP contribution < -0.4 is 5.73 Å². The number of hydrogen-bond acceptors (Lipinski definition) is 2. The molecule has 0 unspecified atom stereocenters. The summed E-state index contributed by atoms with van der Waals surface area (Å²) >= 11 is 0. The van der Waals surface area contributed by atoms with Crippen LogP contribution in [0.4, 0.5) is 0 Å². The van der Waals surface area contributed by atoms with Gasteiger partial charge in [-0.05, 0) is 19.3 Å². The molecule has 1 saturated heterocycles. The minimum atomic E-state index is -0.368. The highest BCUT2D eigenvalue weighted by atomic mass is 16.2. The topological polar surface area (TPSA) is 63.4 Å². The number of rotatable bonds is 4. The third-order valence-electron chi connectivity index (χ3n) is 2.65. The summed E-state index contributed by atoms with van der Waals surface area (Å²) in [6.45, 7) is 2.74. The lowest BCUT2D eigenvalue weighted by molar-refractivity contribution is -0.137. The minimum absolute atomic E-state index is 0.0770. The number of nitrogens with two attached hydrogens (primary N) is 1. The molecule has 0 radical (unpaired) electrons. The van der Waals surface area contributed by atoms with Crippen LogP contribution in [0.2, 0.25) is 0 Å². The van der Waals surface area contributed by atoms with Gasteiger partial charge in [-0.25, -0.2) is 0 Å². The van der Waals surface area contributed by atoms with Gasteiger partial charge >= 0.3 is 0 Å². The zero-order chi connectivity index (χ0) is 10.6. The van der Waals surface area contributed by atoms with Crippen LogP contribution in [0.1, 0.15) is 39.0 Å². The van der Waals surface area contributed by atoms with Crippen LogP contribution in [0.25, 0.3) is 0 Å². The summed E-state index contributed by atoms with van der Waals surface area (Å²) in [5, 5.41) is 0. The van der Waals surface area contributed by atoms with E-state index in [9.17, 15) is 9.59 Å². The van der Waals surface area contributed by atoms with E-state index in [0.717, 1.165) is 25.7 Å². The normalized spacial score (nSPS) is 21.2. The van der Waals surface area contributed by atoms with E-state index in [1.807, 2.05) is 6.92 Å². The number of carbonyl (C=O) groups excluding carboxylic acids is 2. The smallest absolute Gasteiger partial charge is 0.240 e. The van der Waals surface area contributed by atoms with Gasteiger partial charge < -0.3 is 10.6 Å². The van der Waals surface area contributed by atoms with Crippen molar-refractivity contribution < 1.29 is 9.59 Å². The first kappa shape index (κ1) is 11.0. The van der Waals surface area contributed by atoms with Crippen LogP contribution in [0, 0.1) is 0 Å². The number of hydrogen-bond donors (Lipinski definition) is 1. The Morgan fingerprint density at radius 3 is 2.79 bits per heavy atom.